The lowest BCUT2D eigenvalue weighted by Crippen LogP contribution is -2.39. The van der Waals surface area contributed by atoms with E-state index < -0.39 is 0 Å². The molecule has 106 valence electrons. The average molecular weight is 261 g/mol. The Balaban J connectivity index is 2.02. The number of hydrogen-bond acceptors (Lipinski definition) is 2. The maximum Gasteiger partial charge on any atom is 0.0538 e. The predicted molar refractivity (Wildman–Crippen MR) is 80.5 cm³/mol. The van der Waals surface area contributed by atoms with E-state index in [1.54, 1.807) is 0 Å². The highest BCUT2D eigenvalue weighted by molar-refractivity contribution is 5.23. The van der Waals surface area contributed by atoms with Crippen molar-refractivity contribution in [2.45, 2.75) is 46.1 Å². The summed E-state index contributed by atoms with van der Waals surface area (Å²) < 4.78 is 5.67. The van der Waals surface area contributed by atoms with Crippen LogP contribution >= 0.6 is 0 Å². The van der Waals surface area contributed by atoms with Crippen LogP contribution in [-0.4, -0.2) is 25.8 Å². The Morgan fingerprint density at radius 3 is 2.42 bits per heavy atom. The number of aryl methyl sites for hydroxylation is 1. The molecule has 2 heteroatoms. The lowest BCUT2D eigenvalue weighted by atomic mass is 9.80. The van der Waals surface area contributed by atoms with Crippen LogP contribution in [0.5, 0.6) is 0 Å². The molecule has 0 saturated carbocycles. The molecule has 1 saturated heterocycles. The smallest absolute Gasteiger partial charge is 0.0538 e. The minimum Gasteiger partial charge on any atom is -0.381 e. The fourth-order valence-electron chi connectivity index (χ4n) is 2.74. The molecular formula is C17H27NO. The minimum absolute atomic E-state index is 0.290. The molecule has 2 nitrogen and oxygen atoms in total. The molecular weight excluding hydrogens is 234 g/mol. The quantitative estimate of drug-likeness (QED) is 0.849. The molecule has 1 fully saturated rings. The highest BCUT2D eigenvalue weighted by Crippen LogP contribution is 2.32. The van der Waals surface area contributed by atoms with E-state index in [-0.39, 0.29) is 5.41 Å². The van der Waals surface area contributed by atoms with E-state index in [2.05, 4.69) is 50.4 Å². The largest absolute Gasteiger partial charge is 0.381 e. The summed E-state index contributed by atoms with van der Waals surface area (Å²) in [5, 5.41) is 3.59. The van der Waals surface area contributed by atoms with E-state index in [1.807, 2.05) is 0 Å². The van der Waals surface area contributed by atoms with Crippen molar-refractivity contribution in [2.24, 2.45) is 5.41 Å². The van der Waals surface area contributed by atoms with Crippen molar-refractivity contribution in [3.05, 3.63) is 35.4 Å². The van der Waals surface area contributed by atoms with E-state index in [4.69, 9.17) is 4.74 Å². The molecule has 1 aliphatic rings. The van der Waals surface area contributed by atoms with E-state index in [0.29, 0.717) is 6.04 Å². The molecule has 1 unspecified atom stereocenters. The molecule has 1 aromatic carbocycles. The lowest BCUT2D eigenvalue weighted by Gasteiger charge is -2.29. The summed E-state index contributed by atoms with van der Waals surface area (Å²) in [6.45, 7) is 9.47. The monoisotopic (exact) mass is 261 g/mol. The third kappa shape index (κ3) is 4.05. The summed E-state index contributed by atoms with van der Waals surface area (Å²) in [5.41, 5.74) is 3.15. The Morgan fingerprint density at radius 2 is 1.89 bits per heavy atom. The van der Waals surface area contributed by atoms with Gasteiger partial charge >= 0.3 is 0 Å². The number of ether oxygens (including phenoxy) is 1. The average Bonchev–Trinajstić information content (AvgIpc) is 2.86. The minimum atomic E-state index is 0.290. The van der Waals surface area contributed by atoms with Gasteiger partial charge in [0.15, 0.2) is 0 Å². The molecule has 19 heavy (non-hydrogen) atoms. The summed E-state index contributed by atoms with van der Waals surface area (Å²) in [6, 6.07) is 9.63. The topological polar surface area (TPSA) is 21.3 Å². The van der Waals surface area contributed by atoms with E-state index in [0.717, 1.165) is 32.6 Å². The third-order valence-corrected chi connectivity index (χ3v) is 4.08. The van der Waals surface area contributed by atoms with Gasteiger partial charge in [-0.25, -0.2) is 0 Å². The van der Waals surface area contributed by atoms with Gasteiger partial charge in [-0.05, 0) is 30.4 Å². The Morgan fingerprint density at radius 1 is 1.21 bits per heavy atom. The second kappa shape index (κ2) is 6.53. The molecule has 0 aliphatic carbocycles. The van der Waals surface area contributed by atoms with Crippen LogP contribution in [0.25, 0.3) is 0 Å². The Kier molecular flexibility index (Phi) is 5.00. The summed E-state index contributed by atoms with van der Waals surface area (Å²) in [4.78, 5) is 0. The predicted octanol–water partition coefficient (Wildman–Crippen LogP) is 3.20. The van der Waals surface area contributed by atoms with Crippen LogP contribution in [0.3, 0.4) is 0 Å². The molecule has 0 bridgehead atoms. The number of hydrogen-bond donors (Lipinski definition) is 1. The van der Waals surface area contributed by atoms with Gasteiger partial charge in [-0.15, -0.1) is 0 Å². The summed E-state index contributed by atoms with van der Waals surface area (Å²) in [7, 11) is 0. The second-order valence-corrected chi connectivity index (χ2v) is 6.19. The number of nitrogens with one attached hydrogen (secondary N) is 1. The molecule has 1 heterocycles. The van der Waals surface area contributed by atoms with Gasteiger partial charge in [0, 0.05) is 24.6 Å². The second-order valence-electron chi connectivity index (χ2n) is 6.19. The Bertz CT molecular complexity index is 377. The molecule has 1 atom stereocenters. The van der Waals surface area contributed by atoms with Gasteiger partial charge in [0.25, 0.3) is 0 Å². The highest BCUT2D eigenvalue weighted by atomic mass is 16.5. The van der Waals surface area contributed by atoms with Gasteiger partial charge in [-0.3, -0.25) is 0 Å². The molecule has 1 aliphatic heterocycles. The van der Waals surface area contributed by atoms with Gasteiger partial charge < -0.3 is 10.1 Å². The molecule has 2 rings (SSSR count). The third-order valence-electron chi connectivity index (χ3n) is 4.08. The highest BCUT2D eigenvalue weighted by Gasteiger charge is 2.34. The lowest BCUT2D eigenvalue weighted by molar-refractivity contribution is 0.148. The van der Waals surface area contributed by atoms with Gasteiger partial charge in [-0.2, -0.15) is 0 Å². The van der Waals surface area contributed by atoms with Crippen LogP contribution in [-0.2, 0) is 17.6 Å². The first-order chi connectivity index (χ1) is 9.13. The van der Waals surface area contributed by atoms with Crippen molar-refractivity contribution in [3.63, 3.8) is 0 Å². The van der Waals surface area contributed by atoms with Crippen LogP contribution in [0.4, 0.5) is 0 Å². The van der Waals surface area contributed by atoms with Gasteiger partial charge in [-0.1, -0.05) is 45.0 Å². The first-order valence-electron chi connectivity index (χ1n) is 7.52. The first-order valence-corrected chi connectivity index (χ1v) is 7.52. The maximum atomic E-state index is 5.67. The Hall–Kier alpha value is -0.860. The van der Waals surface area contributed by atoms with Crippen molar-refractivity contribution >= 4 is 0 Å². The summed E-state index contributed by atoms with van der Waals surface area (Å²) in [6.07, 6.45) is 3.41. The maximum absolute atomic E-state index is 5.67. The zero-order valence-electron chi connectivity index (χ0n) is 12.5. The van der Waals surface area contributed by atoms with Crippen LogP contribution < -0.4 is 5.32 Å². The van der Waals surface area contributed by atoms with Crippen LogP contribution in [0.2, 0.25) is 0 Å². The fraction of sp³-hybridized carbons (Fsp3) is 0.647. The molecule has 1 aromatic rings. The number of benzene rings is 1. The van der Waals surface area contributed by atoms with E-state index >= 15 is 0 Å². The fourth-order valence-corrected chi connectivity index (χ4v) is 2.74. The molecule has 0 amide bonds. The standard InChI is InChI=1S/C17H27NO/c1-4-15-5-7-16(8-6-15)11-17(9-10-19-13-17)12-18-14(2)3/h5-8,14,18H,4,9-13H2,1-3H3. The summed E-state index contributed by atoms with van der Waals surface area (Å²) in [5.74, 6) is 0. The van der Waals surface area contributed by atoms with Gasteiger partial charge in [0.05, 0.1) is 6.61 Å². The normalized spacial score (nSPS) is 23.2. The zero-order valence-corrected chi connectivity index (χ0v) is 12.5. The van der Waals surface area contributed by atoms with Crippen molar-refractivity contribution < 1.29 is 4.74 Å². The molecule has 1 N–H and O–H groups in total. The number of rotatable bonds is 6. The van der Waals surface area contributed by atoms with Crippen LogP contribution in [0.1, 0.15) is 38.3 Å². The SMILES string of the molecule is CCc1ccc(CC2(CNC(C)C)CCOC2)cc1. The van der Waals surface area contributed by atoms with Crippen molar-refractivity contribution in [2.75, 3.05) is 19.8 Å². The van der Waals surface area contributed by atoms with Crippen LogP contribution in [0.15, 0.2) is 24.3 Å². The van der Waals surface area contributed by atoms with E-state index in [1.165, 1.54) is 17.5 Å². The first kappa shape index (κ1) is 14.5. The molecule has 0 spiro atoms. The van der Waals surface area contributed by atoms with Crippen molar-refractivity contribution in [1.29, 1.82) is 0 Å². The Labute approximate surface area is 117 Å². The molecule has 0 aromatic heterocycles. The summed E-state index contributed by atoms with van der Waals surface area (Å²) >= 11 is 0. The van der Waals surface area contributed by atoms with Gasteiger partial charge in [0.2, 0.25) is 0 Å². The van der Waals surface area contributed by atoms with Crippen molar-refractivity contribution in [3.8, 4) is 0 Å². The zero-order chi connectivity index (χ0) is 13.7. The van der Waals surface area contributed by atoms with E-state index in [9.17, 15) is 0 Å². The molecule has 0 radical (unpaired) electrons. The van der Waals surface area contributed by atoms with Crippen LogP contribution in [0, 0.1) is 5.41 Å². The van der Waals surface area contributed by atoms with Crippen molar-refractivity contribution in [1.82, 2.24) is 5.32 Å². The van der Waals surface area contributed by atoms with Gasteiger partial charge in [0.1, 0.15) is 0 Å².